The number of hydrogen-bond acceptors (Lipinski definition) is 2. The van der Waals surface area contributed by atoms with Crippen LogP contribution in [0.5, 0.6) is 0 Å². The Morgan fingerprint density at radius 3 is 2.85 bits per heavy atom. The second-order valence-electron chi connectivity index (χ2n) is 3.27. The molecule has 0 aromatic carbocycles. The number of carboxylic acids is 1. The third-order valence-corrected chi connectivity index (χ3v) is 1.79. The van der Waals surface area contributed by atoms with Crippen LogP contribution in [0.3, 0.4) is 0 Å². The minimum Gasteiger partial charge on any atom is -0.481 e. The summed E-state index contributed by atoms with van der Waals surface area (Å²) < 4.78 is 1.83. The summed E-state index contributed by atoms with van der Waals surface area (Å²) in [5, 5.41) is 12.7. The number of carboxylic acid groups (broad SMARTS) is 1. The number of carbonyl (C=O) groups is 1. The molecular weight excluding hydrogens is 168 g/mol. The van der Waals surface area contributed by atoms with Gasteiger partial charge in [-0.25, -0.2) is 0 Å². The topological polar surface area (TPSA) is 55.1 Å². The molecule has 1 aromatic rings. The first-order valence-electron chi connectivity index (χ1n) is 4.35. The first-order chi connectivity index (χ1) is 6.09. The molecule has 0 fully saturated rings. The number of nitrogens with zero attached hydrogens (tertiary/aromatic N) is 2. The zero-order valence-corrected chi connectivity index (χ0v) is 7.90. The normalized spacial score (nSPS) is 10.7. The maximum atomic E-state index is 10.3. The van der Waals surface area contributed by atoms with Crippen molar-refractivity contribution < 1.29 is 9.90 Å². The van der Waals surface area contributed by atoms with E-state index in [4.69, 9.17) is 5.11 Å². The van der Waals surface area contributed by atoms with Crippen LogP contribution in [-0.4, -0.2) is 20.9 Å². The Hall–Kier alpha value is -1.32. The summed E-state index contributed by atoms with van der Waals surface area (Å²) in [6.07, 6.45) is 2.53. The molecular formula is C9H14N2O2. The highest BCUT2D eigenvalue weighted by Gasteiger charge is 2.03. The van der Waals surface area contributed by atoms with Gasteiger partial charge in [0, 0.05) is 18.7 Å². The van der Waals surface area contributed by atoms with Gasteiger partial charge < -0.3 is 5.11 Å². The first-order valence-corrected chi connectivity index (χ1v) is 4.35. The Morgan fingerprint density at radius 1 is 1.69 bits per heavy atom. The second-order valence-corrected chi connectivity index (χ2v) is 3.27. The number of aromatic nitrogens is 2. The highest BCUT2D eigenvalue weighted by molar-refractivity contribution is 5.66. The fourth-order valence-electron chi connectivity index (χ4n) is 1.03. The average molecular weight is 182 g/mol. The van der Waals surface area contributed by atoms with Gasteiger partial charge in [0.25, 0.3) is 0 Å². The van der Waals surface area contributed by atoms with Gasteiger partial charge >= 0.3 is 5.97 Å². The Balaban J connectivity index is 2.54. The molecule has 4 heteroatoms. The van der Waals surface area contributed by atoms with Crippen LogP contribution in [0.25, 0.3) is 0 Å². The summed E-state index contributed by atoms with van der Waals surface area (Å²) in [5.74, 6) is -0.779. The zero-order chi connectivity index (χ0) is 9.84. The third-order valence-electron chi connectivity index (χ3n) is 1.79. The van der Waals surface area contributed by atoms with Gasteiger partial charge in [-0.15, -0.1) is 0 Å². The molecule has 0 radical (unpaired) electrons. The van der Waals surface area contributed by atoms with Crippen molar-refractivity contribution in [2.45, 2.75) is 32.7 Å². The highest BCUT2D eigenvalue weighted by Crippen LogP contribution is 2.05. The van der Waals surface area contributed by atoms with Gasteiger partial charge in [-0.05, 0) is 19.9 Å². The van der Waals surface area contributed by atoms with Gasteiger partial charge in [0.1, 0.15) is 0 Å². The second kappa shape index (κ2) is 4.07. The fourth-order valence-corrected chi connectivity index (χ4v) is 1.03. The van der Waals surface area contributed by atoms with Gasteiger partial charge in [-0.3, -0.25) is 9.48 Å². The van der Waals surface area contributed by atoms with E-state index in [9.17, 15) is 4.79 Å². The lowest BCUT2D eigenvalue weighted by atomic mass is 10.2. The highest BCUT2D eigenvalue weighted by atomic mass is 16.4. The van der Waals surface area contributed by atoms with Gasteiger partial charge in [0.15, 0.2) is 0 Å². The van der Waals surface area contributed by atoms with Crippen LogP contribution in [0, 0.1) is 0 Å². The van der Waals surface area contributed by atoms with Crippen LogP contribution in [0.4, 0.5) is 0 Å². The lowest BCUT2D eigenvalue weighted by molar-refractivity contribution is -0.136. The summed E-state index contributed by atoms with van der Waals surface area (Å²) >= 11 is 0. The molecule has 0 spiro atoms. The molecule has 1 aromatic heterocycles. The van der Waals surface area contributed by atoms with Gasteiger partial charge in [0.2, 0.25) is 0 Å². The van der Waals surface area contributed by atoms with Crippen molar-refractivity contribution in [2.24, 2.45) is 0 Å². The van der Waals surface area contributed by atoms with E-state index in [0.29, 0.717) is 12.5 Å². The molecule has 0 atom stereocenters. The molecule has 72 valence electrons. The van der Waals surface area contributed by atoms with Crippen LogP contribution in [0.15, 0.2) is 12.3 Å². The molecule has 1 N–H and O–H groups in total. The molecule has 0 bridgehead atoms. The molecule has 0 aliphatic heterocycles. The summed E-state index contributed by atoms with van der Waals surface area (Å²) in [5.41, 5.74) is 0.844. The molecule has 1 rings (SSSR count). The molecule has 4 nitrogen and oxygen atoms in total. The van der Waals surface area contributed by atoms with Gasteiger partial charge in [-0.2, -0.15) is 5.10 Å². The predicted octanol–water partition coefficient (Wildman–Crippen LogP) is 1.48. The van der Waals surface area contributed by atoms with Crippen molar-refractivity contribution in [2.75, 3.05) is 0 Å². The summed E-state index contributed by atoms with van der Waals surface area (Å²) in [6.45, 7) is 4.07. The van der Waals surface area contributed by atoms with Crippen molar-refractivity contribution in [1.82, 2.24) is 9.78 Å². The fraction of sp³-hybridized carbons (Fsp3) is 0.556. The lowest BCUT2D eigenvalue weighted by Crippen LogP contribution is -2.03. The predicted molar refractivity (Wildman–Crippen MR) is 48.6 cm³/mol. The Bertz CT molecular complexity index is 292. The lowest BCUT2D eigenvalue weighted by Gasteiger charge is -2.03. The van der Waals surface area contributed by atoms with E-state index in [1.54, 1.807) is 0 Å². The van der Waals surface area contributed by atoms with Crippen LogP contribution < -0.4 is 0 Å². The Kier molecular flexibility index (Phi) is 3.06. The van der Waals surface area contributed by atoms with E-state index in [-0.39, 0.29) is 6.42 Å². The van der Waals surface area contributed by atoms with Crippen molar-refractivity contribution in [1.29, 1.82) is 0 Å². The Labute approximate surface area is 77.2 Å². The molecule has 1 heterocycles. The molecule has 0 unspecified atom stereocenters. The largest absolute Gasteiger partial charge is 0.481 e. The van der Waals surface area contributed by atoms with Gasteiger partial charge in [-0.1, -0.05) is 0 Å². The smallest absolute Gasteiger partial charge is 0.303 e. The quantitative estimate of drug-likeness (QED) is 0.767. The van der Waals surface area contributed by atoms with E-state index in [2.05, 4.69) is 5.10 Å². The maximum Gasteiger partial charge on any atom is 0.303 e. The van der Waals surface area contributed by atoms with E-state index in [0.717, 1.165) is 5.69 Å². The van der Waals surface area contributed by atoms with Gasteiger partial charge in [0.05, 0.1) is 12.1 Å². The van der Waals surface area contributed by atoms with Crippen molar-refractivity contribution in [3.63, 3.8) is 0 Å². The summed E-state index contributed by atoms with van der Waals surface area (Å²) in [4.78, 5) is 10.3. The Morgan fingerprint density at radius 2 is 2.38 bits per heavy atom. The SMILES string of the molecule is CC(C)n1ccc(CCC(=O)O)n1. The van der Waals surface area contributed by atoms with E-state index in [1.165, 1.54) is 0 Å². The zero-order valence-electron chi connectivity index (χ0n) is 7.90. The van der Waals surface area contributed by atoms with Crippen molar-refractivity contribution in [3.05, 3.63) is 18.0 Å². The average Bonchev–Trinajstić information content (AvgIpc) is 2.48. The molecule has 0 amide bonds. The van der Waals surface area contributed by atoms with E-state index >= 15 is 0 Å². The van der Waals surface area contributed by atoms with Crippen LogP contribution >= 0.6 is 0 Å². The van der Waals surface area contributed by atoms with Crippen LogP contribution in [0.2, 0.25) is 0 Å². The standard InChI is InChI=1S/C9H14N2O2/c1-7(2)11-6-5-8(10-11)3-4-9(12)13/h5-7H,3-4H2,1-2H3,(H,12,13). The number of rotatable bonds is 4. The number of aryl methyl sites for hydroxylation is 1. The molecule has 0 aliphatic carbocycles. The first kappa shape index (κ1) is 9.77. The van der Waals surface area contributed by atoms with Crippen LogP contribution in [0.1, 0.15) is 32.0 Å². The van der Waals surface area contributed by atoms with E-state index < -0.39 is 5.97 Å². The monoisotopic (exact) mass is 182 g/mol. The molecule has 0 aliphatic rings. The molecule has 0 saturated carbocycles. The number of aliphatic carboxylic acids is 1. The van der Waals surface area contributed by atoms with Crippen LogP contribution in [-0.2, 0) is 11.2 Å². The molecule has 13 heavy (non-hydrogen) atoms. The minimum absolute atomic E-state index is 0.148. The summed E-state index contributed by atoms with van der Waals surface area (Å²) in [7, 11) is 0. The third kappa shape index (κ3) is 2.89. The molecule has 0 saturated heterocycles. The van der Waals surface area contributed by atoms with Crippen molar-refractivity contribution in [3.8, 4) is 0 Å². The maximum absolute atomic E-state index is 10.3. The summed E-state index contributed by atoms with van der Waals surface area (Å²) in [6, 6.07) is 2.20. The van der Waals surface area contributed by atoms with E-state index in [1.807, 2.05) is 30.8 Å². The number of hydrogen-bond donors (Lipinski definition) is 1. The minimum atomic E-state index is -0.779. The van der Waals surface area contributed by atoms with Crippen molar-refractivity contribution >= 4 is 5.97 Å².